The maximum absolute atomic E-state index is 14.2. The predicted molar refractivity (Wildman–Crippen MR) is 87.6 cm³/mol. The summed E-state index contributed by atoms with van der Waals surface area (Å²) in [6.45, 7) is 0. The Morgan fingerprint density at radius 2 is 1.42 bits per heavy atom. The van der Waals surface area contributed by atoms with Crippen LogP contribution in [0.25, 0.3) is 0 Å². The molecule has 4 aliphatic rings. The van der Waals surface area contributed by atoms with E-state index >= 15 is 0 Å². The standard InChI is InChI=1S/C20H20FNO2/c21-15-9-1-2-10-16(15)22-19(23)17-13-7-3-5-11(13)12-6-4-8-14(12)18(17)20(22)24/h1-2,9-10,13-14,17-18H,3-8H2/t13-,14+,17-,18+. The first-order valence-electron chi connectivity index (χ1n) is 9.02. The number of hydrogen-bond acceptors (Lipinski definition) is 2. The van der Waals surface area contributed by atoms with Crippen molar-refractivity contribution < 1.29 is 14.0 Å². The van der Waals surface area contributed by atoms with Gasteiger partial charge in [0.25, 0.3) is 0 Å². The average molecular weight is 325 g/mol. The van der Waals surface area contributed by atoms with Gasteiger partial charge in [-0.15, -0.1) is 0 Å². The Bertz CT molecular complexity index is 742. The molecule has 0 bridgehead atoms. The van der Waals surface area contributed by atoms with Gasteiger partial charge in [0.05, 0.1) is 17.5 Å². The zero-order chi connectivity index (χ0) is 16.4. The van der Waals surface area contributed by atoms with Gasteiger partial charge in [0.1, 0.15) is 5.82 Å². The summed E-state index contributed by atoms with van der Waals surface area (Å²) in [7, 11) is 0. The van der Waals surface area contributed by atoms with Gasteiger partial charge in [-0.2, -0.15) is 0 Å². The number of allylic oxidation sites excluding steroid dienone is 2. The molecule has 0 unspecified atom stereocenters. The number of carbonyl (C=O) groups excluding carboxylic acids is 2. The van der Waals surface area contributed by atoms with Crippen LogP contribution in [0.15, 0.2) is 35.4 Å². The Labute approximate surface area is 140 Å². The first-order chi connectivity index (χ1) is 11.7. The second-order valence-electron chi connectivity index (χ2n) is 7.56. The zero-order valence-electron chi connectivity index (χ0n) is 13.5. The van der Waals surface area contributed by atoms with Gasteiger partial charge in [-0.25, -0.2) is 9.29 Å². The molecule has 5 rings (SSSR count). The minimum Gasteiger partial charge on any atom is -0.274 e. The van der Waals surface area contributed by atoms with E-state index in [1.54, 1.807) is 18.2 Å². The molecule has 0 spiro atoms. The highest BCUT2D eigenvalue weighted by molar-refractivity contribution is 6.22. The minimum atomic E-state index is -0.496. The molecule has 1 aliphatic heterocycles. The fraction of sp³-hybridized carbons (Fsp3) is 0.500. The first-order valence-corrected chi connectivity index (χ1v) is 9.02. The van der Waals surface area contributed by atoms with Gasteiger partial charge < -0.3 is 0 Å². The van der Waals surface area contributed by atoms with Crippen molar-refractivity contribution in [2.75, 3.05) is 4.90 Å². The molecule has 24 heavy (non-hydrogen) atoms. The number of benzene rings is 1. The van der Waals surface area contributed by atoms with Crippen LogP contribution in [0.5, 0.6) is 0 Å². The molecule has 2 saturated carbocycles. The van der Waals surface area contributed by atoms with E-state index in [1.807, 2.05) is 0 Å². The third-order valence-corrected chi connectivity index (χ3v) is 6.59. The van der Waals surface area contributed by atoms with Gasteiger partial charge in [-0.05, 0) is 62.5 Å². The van der Waals surface area contributed by atoms with Crippen molar-refractivity contribution in [3.8, 4) is 0 Å². The molecule has 1 saturated heterocycles. The van der Waals surface area contributed by atoms with Crippen LogP contribution in [-0.4, -0.2) is 11.8 Å². The van der Waals surface area contributed by atoms with Crippen molar-refractivity contribution in [2.24, 2.45) is 23.7 Å². The fourth-order valence-corrected chi connectivity index (χ4v) is 5.76. The third-order valence-electron chi connectivity index (χ3n) is 6.59. The molecule has 2 amide bonds. The Kier molecular flexibility index (Phi) is 3.00. The Morgan fingerprint density at radius 1 is 0.875 bits per heavy atom. The summed E-state index contributed by atoms with van der Waals surface area (Å²) >= 11 is 0. The molecule has 3 nitrogen and oxygen atoms in total. The molecule has 1 aromatic rings. The summed E-state index contributed by atoms with van der Waals surface area (Å²) < 4.78 is 14.2. The third kappa shape index (κ3) is 1.72. The summed E-state index contributed by atoms with van der Waals surface area (Å²) in [5.74, 6) is -0.942. The van der Waals surface area contributed by atoms with Crippen molar-refractivity contribution >= 4 is 17.5 Å². The normalized spacial score (nSPS) is 34.6. The minimum absolute atomic E-state index is 0.126. The Morgan fingerprint density at radius 3 is 1.96 bits per heavy atom. The second-order valence-corrected chi connectivity index (χ2v) is 7.56. The van der Waals surface area contributed by atoms with Crippen LogP contribution in [0.1, 0.15) is 38.5 Å². The molecule has 4 heteroatoms. The number of amides is 2. The number of halogens is 1. The SMILES string of the molecule is O=C1[C@@H]2[C@H](C(=O)N1c1ccccc1F)[C@@H]1CCCC1=C1CCC[C@@H]12. The smallest absolute Gasteiger partial charge is 0.238 e. The topological polar surface area (TPSA) is 37.4 Å². The molecule has 0 radical (unpaired) electrons. The summed E-state index contributed by atoms with van der Waals surface area (Å²) in [6, 6.07) is 6.13. The van der Waals surface area contributed by atoms with Crippen LogP contribution >= 0.6 is 0 Å². The van der Waals surface area contributed by atoms with Crippen LogP contribution in [-0.2, 0) is 9.59 Å². The highest BCUT2D eigenvalue weighted by Gasteiger charge is 2.59. The molecule has 4 atom stereocenters. The summed E-state index contributed by atoms with van der Waals surface area (Å²) in [4.78, 5) is 27.5. The van der Waals surface area contributed by atoms with E-state index in [4.69, 9.17) is 0 Å². The van der Waals surface area contributed by atoms with Crippen molar-refractivity contribution in [1.82, 2.24) is 0 Å². The van der Waals surface area contributed by atoms with E-state index in [2.05, 4.69) is 0 Å². The van der Waals surface area contributed by atoms with Gasteiger partial charge in [-0.1, -0.05) is 23.3 Å². The number of para-hydroxylation sites is 1. The quantitative estimate of drug-likeness (QED) is 0.581. The Hall–Kier alpha value is -1.97. The lowest BCUT2D eigenvalue weighted by Gasteiger charge is -2.34. The second kappa shape index (κ2) is 5.01. The highest BCUT2D eigenvalue weighted by Crippen LogP contribution is 2.57. The molecule has 3 fully saturated rings. The number of nitrogens with zero attached hydrogens (tertiary/aromatic N) is 1. The van der Waals surface area contributed by atoms with Crippen molar-refractivity contribution in [3.05, 3.63) is 41.2 Å². The molecule has 0 aromatic heterocycles. The van der Waals surface area contributed by atoms with Crippen molar-refractivity contribution in [1.29, 1.82) is 0 Å². The molecule has 1 aromatic carbocycles. The molecule has 124 valence electrons. The molecular formula is C20H20FNO2. The average Bonchev–Trinajstić information content (AvgIpc) is 3.26. The number of carbonyl (C=O) groups is 2. The maximum atomic E-state index is 14.2. The summed E-state index contributed by atoms with van der Waals surface area (Å²) in [5.41, 5.74) is 3.06. The van der Waals surface area contributed by atoms with E-state index in [-0.39, 0.29) is 41.2 Å². The van der Waals surface area contributed by atoms with Gasteiger partial charge in [0.2, 0.25) is 11.8 Å². The van der Waals surface area contributed by atoms with Gasteiger partial charge in [-0.3, -0.25) is 9.59 Å². The molecule has 1 heterocycles. The van der Waals surface area contributed by atoms with Crippen molar-refractivity contribution in [3.63, 3.8) is 0 Å². The van der Waals surface area contributed by atoms with Crippen LogP contribution in [0, 0.1) is 29.5 Å². The number of imide groups is 1. The van der Waals surface area contributed by atoms with Gasteiger partial charge >= 0.3 is 0 Å². The maximum Gasteiger partial charge on any atom is 0.238 e. The van der Waals surface area contributed by atoms with Crippen LogP contribution in [0.2, 0.25) is 0 Å². The van der Waals surface area contributed by atoms with E-state index in [9.17, 15) is 14.0 Å². The first kappa shape index (κ1) is 14.4. The molecular weight excluding hydrogens is 305 g/mol. The van der Waals surface area contributed by atoms with Crippen LogP contribution in [0.4, 0.5) is 10.1 Å². The van der Waals surface area contributed by atoms with E-state index < -0.39 is 5.82 Å². The summed E-state index contributed by atoms with van der Waals surface area (Å²) in [5, 5.41) is 0. The number of fused-ring (bicyclic) bond motifs is 5. The fourth-order valence-electron chi connectivity index (χ4n) is 5.76. The predicted octanol–water partition coefficient (Wildman–Crippen LogP) is 3.84. The zero-order valence-corrected chi connectivity index (χ0v) is 13.5. The largest absolute Gasteiger partial charge is 0.274 e. The lowest BCUT2D eigenvalue weighted by molar-refractivity contribution is -0.122. The highest BCUT2D eigenvalue weighted by atomic mass is 19.1. The molecule has 0 N–H and O–H groups in total. The number of hydrogen-bond donors (Lipinski definition) is 0. The molecule has 3 aliphatic carbocycles. The van der Waals surface area contributed by atoms with Crippen LogP contribution in [0.3, 0.4) is 0 Å². The lowest BCUT2D eigenvalue weighted by atomic mass is 9.66. The monoisotopic (exact) mass is 325 g/mol. The van der Waals surface area contributed by atoms with Gasteiger partial charge in [0.15, 0.2) is 0 Å². The lowest BCUT2D eigenvalue weighted by Crippen LogP contribution is -2.35. The van der Waals surface area contributed by atoms with Crippen LogP contribution < -0.4 is 4.90 Å². The van der Waals surface area contributed by atoms with E-state index in [1.165, 1.54) is 17.2 Å². The van der Waals surface area contributed by atoms with E-state index in [0.717, 1.165) is 43.4 Å². The van der Waals surface area contributed by atoms with Gasteiger partial charge in [0, 0.05) is 0 Å². The summed E-state index contributed by atoms with van der Waals surface area (Å²) in [6.07, 6.45) is 6.39. The number of rotatable bonds is 1. The van der Waals surface area contributed by atoms with E-state index in [0.29, 0.717) is 0 Å². The number of anilines is 1. The Balaban J connectivity index is 1.63. The van der Waals surface area contributed by atoms with Crippen molar-refractivity contribution in [2.45, 2.75) is 38.5 Å².